The van der Waals surface area contributed by atoms with Crippen molar-refractivity contribution in [2.75, 3.05) is 0 Å². The zero-order chi connectivity index (χ0) is 8.39. The van der Waals surface area contributed by atoms with Gasteiger partial charge in [-0.2, -0.15) is 0 Å². The summed E-state index contributed by atoms with van der Waals surface area (Å²) in [6.45, 7) is 0. The fraction of sp³-hybridized carbons (Fsp3) is 0. The number of rotatable bonds is 1. The Morgan fingerprint density at radius 1 is 1.50 bits per heavy atom. The van der Waals surface area contributed by atoms with E-state index in [1.165, 1.54) is 12.3 Å². The van der Waals surface area contributed by atoms with Crippen molar-refractivity contribution in [3.63, 3.8) is 0 Å². The van der Waals surface area contributed by atoms with E-state index >= 15 is 0 Å². The van der Waals surface area contributed by atoms with Crippen LogP contribution in [0.4, 0.5) is 5.82 Å². The van der Waals surface area contributed by atoms with Gasteiger partial charge in [0.05, 0.1) is 6.26 Å². The predicted molar refractivity (Wildman–Crippen MR) is 41.8 cm³/mol. The Morgan fingerprint density at radius 3 is 3.25 bits per heavy atom. The molecule has 4 nitrogen and oxygen atoms in total. The molecule has 12 heavy (non-hydrogen) atoms. The molecule has 0 atom stereocenters. The summed E-state index contributed by atoms with van der Waals surface area (Å²) in [5, 5.41) is 0.874. The molecule has 2 rings (SSSR count). The van der Waals surface area contributed by atoms with Gasteiger partial charge in [0.25, 0.3) is 0 Å². The van der Waals surface area contributed by atoms with Crippen molar-refractivity contribution in [3.05, 3.63) is 24.6 Å². The number of isocyanates is 1. The van der Waals surface area contributed by atoms with E-state index in [0.29, 0.717) is 5.58 Å². The number of hydrogen-bond donors (Lipinski definition) is 0. The van der Waals surface area contributed by atoms with E-state index < -0.39 is 0 Å². The van der Waals surface area contributed by atoms with Gasteiger partial charge in [-0.1, -0.05) is 0 Å². The minimum Gasteiger partial charge on any atom is -0.460 e. The van der Waals surface area contributed by atoms with E-state index in [1.54, 1.807) is 18.3 Å². The Kier molecular flexibility index (Phi) is 1.47. The van der Waals surface area contributed by atoms with Crippen LogP contribution in [0.5, 0.6) is 0 Å². The van der Waals surface area contributed by atoms with Crippen LogP contribution in [0.3, 0.4) is 0 Å². The van der Waals surface area contributed by atoms with Gasteiger partial charge >= 0.3 is 0 Å². The monoisotopic (exact) mass is 160 g/mol. The molecule has 2 heterocycles. The molecule has 0 N–H and O–H groups in total. The summed E-state index contributed by atoms with van der Waals surface area (Å²) in [4.78, 5) is 17.2. The molecule has 0 bridgehead atoms. The average molecular weight is 160 g/mol. The molecular formula is C8H4N2O2. The molecule has 0 amide bonds. The van der Waals surface area contributed by atoms with Crippen LogP contribution in [-0.2, 0) is 4.79 Å². The molecule has 58 valence electrons. The van der Waals surface area contributed by atoms with Crippen LogP contribution < -0.4 is 0 Å². The van der Waals surface area contributed by atoms with Crippen LogP contribution in [0.1, 0.15) is 0 Å². The number of aromatic nitrogens is 1. The molecule has 0 saturated heterocycles. The van der Waals surface area contributed by atoms with Crippen LogP contribution >= 0.6 is 0 Å². The van der Waals surface area contributed by atoms with Crippen molar-refractivity contribution >= 4 is 22.9 Å². The van der Waals surface area contributed by atoms with Gasteiger partial charge in [-0.15, -0.1) is 4.99 Å². The molecular weight excluding hydrogens is 156 g/mol. The van der Waals surface area contributed by atoms with Crippen molar-refractivity contribution in [3.8, 4) is 0 Å². The Labute approximate surface area is 67.5 Å². The highest BCUT2D eigenvalue weighted by Gasteiger charge is 2.02. The fourth-order valence-corrected chi connectivity index (χ4v) is 1.00. The van der Waals surface area contributed by atoms with Crippen LogP contribution in [0, 0.1) is 0 Å². The SMILES string of the molecule is O=C=Nc1nccc2ccoc12. The van der Waals surface area contributed by atoms with E-state index in [-0.39, 0.29) is 5.82 Å². The van der Waals surface area contributed by atoms with Gasteiger partial charge in [0.1, 0.15) is 0 Å². The molecule has 2 aromatic rings. The summed E-state index contributed by atoms with van der Waals surface area (Å²) < 4.78 is 5.07. The Bertz CT molecular complexity index is 455. The van der Waals surface area contributed by atoms with E-state index in [0.717, 1.165) is 5.39 Å². The lowest BCUT2D eigenvalue weighted by molar-refractivity contribution is 0.564. The maximum atomic E-state index is 9.97. The second-order valence-corrected chi connectivity index (χ2v) is 2.18. The molecule has 0 spiro atoms. The Morgan fingerprint density at radius 2 is 2.42 bits per heavy atom. The topological polar surface area (TPSA) is 55.5 Å². The van der Waals surface area contributed by atoms with Gasteiger partial charge < -0.3 is 4.42 Å². The lowest BCUT2D eigenvalue weighted by Gasteiger charge is -1.89. The number of aliphatic imine (C=N–C) groups is 1. The molecule has 0 fully saturated rings. The van der Waals surface area contributed by atoms with Gasteiger partial charge in [-0.25, -0.2) is 9.78 Å². The molecule has 4 heteroatoms. The molecule has 0 unspecified atom stereocenters. The van der Waals surface area contributed by atoms with E-state index in [4.69, 9.17) is 4.42 Å². The predicted octanol–water partition coefficient (Wildman–Crippen LogP) is 1.80. The van der Waals surface area contributed by atoms with Crippen molar-refractivity contribution in [1.82, 2.24) is 4.98 Å². The van der Waals surface area contributed by atoms with Gasteiger partial charge in [0.2, 0.25) is 11.9 Å². The number of carbonyl (C=O) groups excluding carboxylic acids is 1. The molecule has 0 radical (unpaired) electrons. The first-order valence-electron chi connectivity index (χ1n) is 3.32. The molecule has 0 saturated carbocycles. The zero-order valence-electron chi connectivity index (χ0n) is 6.02. The Balaban J connectivity index is 2.81. The van der Waals surface area contributed by atoms with E-state index in [9.17, 15) is 4.79 Å². The highest BCUT2D eigenvalue weighted by Crippen LogP contribution is 2.23. The van der Waals surface area contributed by atoms with Gasteiger partial charge in [0, 0.05) is 11.6 Å². The second-order valence-electron chi connectivity index (χ2n) is 2.18. The van der Waals surface area contributed by atoms with Crippen molar-refractivity contribution in [1.29, 1.82) is 0 Å². The summed E-state index contributed by atoms with van der Waals surface area (Å²) in [5.41, 5.74) is 0.515. The number of nitrogens with zero attached hydrogens (tertiary/aromatic N) is 2. The number of fused-ring (bicyclic) bond motifs is 1. The summed E-state index contributed by atoms with van der Waals surface area (Å²) >= 11 is 0. The average Bonchev–Trinajstić information content (AvgIpc) is 2.53. The smallest absolute Gasteiger partial charge is 0.242 e. The molecule has 0 aromatic carbocycles. The normalized spacial score (nSPS) is 9.67. The lowest BCUT2D eigenvalue weighted by Crippen LogP contribution is -1.72. The maximum absolute atomic E-state index is 9.97. The largest absolute Gasteiger partial charge is 0.460 e. The molecule has 0 aliphatic rings. The summed E-state index contributed by atoms with van der Waals surface area (Å²) in [6, 6.07) is 3.56. The van der Waals surface area contributed by atoms with Gasteiger partial charge in [-0.3, -0.25) is 0 Å². The minimum absolute atomic E-state index is 0.271. The third kappa shape index (κ3) is 0.909. The summed E-state index contributed by atoms with van der Waals surface area (Å²) in [6.07, 6.45) is 4.51. The van der Waals surface area contributed by atoms with Crippen molar-refractivity contribution in [2.45, 2.75) is 0 Å². The highest BCUT2D eigenvalue weighted by atomic mass is 16.3. The standard InChI is InChI=1S/C8H4N2O2/c11-5-10-8-7-6(1-3-9-8)2-4-12-7/h1-4H. The lowest BCUT2D eigenvalue weighted by atomic mass is 10.3. The first-order chi connectivity index (χ1) is 5.92. The fourth-order valence-electron chi connectivity index (χ4n) is 1.00. The molecule has 0 aliphatic heterocycles. The van der Waals surface area contributed by atoms with Crippen LogP contribution in [-0.4, -0.2) is 11.1 Å². The minimum atomic E-state index is 0.271. The number of furan rings is 1. The summed E-state index contributed by atoms with van der Waals surface area (Å²) in [5.74, 6) is 0.271. The van der Waals surface area contributed by atoms with Crippen LogP contribution in [0.25, 0.3) is 11.0 Å². The van der Waals surface area contributed by atoms with Gasteiger partial charge in [-0.05, 0) is 12.1 Å². The van der Waals surface area contributed by atoms with Crippen LogP contribution in [0.15, 0.2) is 34.0 Å². The summed E-state index contributed by atoms with van der Waals surface area (Å²) in [7, 11) is 0. The van der Waals surface area contributed by atoms with Crippen molar-refractivity contribution in [2.24, 2.45) is 4.99 Å². The maximum Gasteiger partial charge on any atom is 0.242 e. The quantitative estimate of drug-likeness (QED) is 0.472. The first-order valence-corrected chi connectivity index (χ1v) is 3.32. The van der Waals surface area contributed by atoms with Crippen LogP contribution in [0.2, 0.25) is 0 Å². The second kappa shape index (κ2) is 2.60. The van der Waals surface area contributed by atoms with E-state index in [2.05, 4.69) is 9.98 Å². The van der Waals surface area contributed by atoms with Crippen molar-refractivity contribution < 1.29 is 9.21 Å². The third-order valence-electron chi connectivity index (χ3n) is 1.50. The van der Waals surface area contributed by atoms with Gasteiger partial charge in [0.15, 0.2) is 5.58 Å². The highest BCUT2D eigenvalue weighted by molar-refractivity contribution is 5.85. The Hall–Kier alpha value is -1.93. The first kappa shape index (κ1) is 6.76. The molecule has 2 aromatic heterocycles. The zero-order valence-corrected chi connectivity index (χ0v) is 6.02. The number of hydrogen-bond acceptors (Lipinski definition) is 4. The van der Waals surface area contributed by atoms with E-state index in [1.807, 2.05) is 0 Å². The third-order valence-corrected chi connectivity index (χ3v) is 1.50. The number of pyridine rings is 1. The molecule has 0 aliphatic carbocycles.